The molecule has 1 aromatic heterocycles. The fourth-order valence-electron chi connectivity index (χ4n) is 1.47. The van der Waals surface area contributed by atoms with Crippen LogP contribution in [0.4, 0.5) is 0 Å². The first-order valence-electron chi connectivity index (χ1n) is 4.47. The number of aromatic nitrogens is 1. The monoisotopic (exact) mass is 204 g/mol. The highest BCUT2D eigenvalue weighted by Crippen LogP contribution is 2.21. The molecule has 0 spiro atoms. The van der Waals surface area contributed by atoms with E-state index in [0.29, 0.717) is 17.5 Å². The van der Waals surface area contributed by atoms with Gasteiger partial charge in [-0.3, -0.25) is 9.36 Å². The summed E-state index contributed by atoms with van der Waals surface area (Å²) < 4.78 is 1.07. The van der Waals surface area contributed by atoms with E-state index in [9.17, 15) is 9.90 Å². The Balaban J connectivity index is 3.69. The number of hydrogen-bond donors (Lipinski definition) is 1. The quantitative estimate of drug-likeness (QED) is 0.731. The van der Waals surface area contributed by atoms with Crippen LogP contribution in [0.25, 0.3) is 0 Å². The molecule has 0 atom stereocenters. The number of aromatic hydroxyl groups is 1. The van der Waals surface area contributed by atoms with Crippen molar-refractivity contribution in [2.24, 2.45) is 7.05 Å². The summed E-state index contributed by atoms with van der Waals surface area (Å²) >= 11 is 0. The lowest BCUT2D eigenvalue weighted by Crippen LogP contribution is -2.22. The van der Waals surface area contributed by atoms with Crippen LogP contribution in [0.15, 0.2) is 17.4 Å². The highest BCUT2D eigenvalue weighted by atomic mass is 16.3. The maximum Gasteiger partial charge on any atom is 0.271 e. The van der Waals surface area contributed by atoms with Crippen LogP contribution >= 0.6 is 0 Å². The first kappa shape index (κ1) is 11.1. The molecule has 0 radical (unpaired) electrons. The Hall–Kier alpha value is -2.02. The minimum absolute atomic E-state index is 0.0761. The van der Waals surface area contributed by atoms with Crippen molar-refractivity contribution in [1.29, 1.82) is 5.26 Å². The van der Waals surface area contributed by atoms with Gasteiger partial charge < -0.3 is 5.11 Å². The van der Waals surface area contributed by atoms with Gasteiger partial charge in [-0.05, 0) is 18.9 Å². The Bertz CT molecular complexity index is 507. The van der Waals surface area contributed by atoms with Crippen LogP contribution in [0.1, 0.15) is 16.7 Å². The molecule has 1 rings (SSSR count). The largest absolute Gasteiger partial charge is 0.494 e. The van der Waals surface area contributed by atoms with Crippen molar-refractivity contribution in [1.82, 2.24) is 4.57 Å². The third-order valence-electron chi connectivity index (χ3n) is 2.39. The van der Waals surface area contributed by atoms with Gasteiger partial charge in [0.2, 0.25) is 0 Å². The third-order valence-corrected chi connectivity index (χ3v) is 2.39. The average Bonchev–Trinajstić information content (AvgIpc) is 2.22. The van der Waals surface area contributed by atoms with Crippen molar-refractivity contribution in [3.8, 4) is 11.9 Å². The molecule has 1 N–H and O–H groups in total. The number of hydrogen-bond acceptors (Lipinski definition) is 3. The Labute approximate surface area is 87.7 Å². The SMILES string of the molecule is C=CCc1c(C)c(C#N)c(=O)n(C)c1O. The molecule has 78 valence electrons. The molecule has 1 aromatic rings. The summed E-state index contributed by atoms with van der Waals surface area (Å²) in [5.74, 6) is -0.101. The van der Waals surface area contributed by atoms with E-state index in [1.807, 2.05) is 6.07 Å². The van der Waals surface area contributed by atoms with Crippen molar-refractivity contribution in [3.05, 3.63) is 39.7 Å². The van der Waals surface area contributed by atoms with Crippen LogP contribution in [0.3, 0.4) is 0 Å². The first-order chi connectivity index (χ1) is 7.04. The molecular formula is C11H12N2O2. The minimum Gasteiger partial charge on any atom is -0.494 e. The average molecular weight is 204 g/mol. The summed E-state index contributed by atoms with van der Waals surface area (Å²) in [5, 5.41) is 18.6. The number of pyridine rings is 1. The second kappa shape index (κ2) is 4.01. The number of rotatable bonds is 2. The maximum absolute atomic E-state index is 11.6. The topological polar surface area (TPSA) is 66.0 Å². The molecule has 4 nitrogen and oxygen atoms in total. The second-order valence-corrected chi connectivity index (χ2v) is 3.27. The van der Waals surface area contributed by atoms with E-state index in [0.717, 1.165) is 4.57 Å². The Morgan fingerprint density at radius 1 is 1.67 bits per heavy atom. The van der Waals surface area contributed by atoms with E-state index < -0.39 is 5.56 Å². The molecular weight excluding hydrogens is 192 g/mol. The van der Waals surface area contributed by atoms with E-state index >= 15 is 0 Å². The Kier molecular flexibility index (Phi) is 2.96. The highest BCUT2D eigenvalue weighted by Gasteiger charge is 2.15. The van der Waals surface area contributed by atoms with Gasteiger partial charge in [0.05, 0.1) is 0 Å². The first-order valence-corrected chi connectivity index (χ1v) is 4.47. The summed E-state index contributed by atoms with van der Waals surface area (Å²) in [6, 6.07) is 1.85. The van der Waals surface area contributed by atoms with Crippen LogP contribution in [0, 0.1) is 18.3 Å². The minimum atomic E-state index is -0.472. The van der Waals surface area contributed by atoms with Crippen LogP contribution in [-0.4, -0.2) is 9.67 Å². The Morgan fingerprint density at radius 2 is 2.27 bits per heavy atom. The fourth-order valence-corrected chi connectivity index (χ4v) is 1.47. The fraction of sp³-hybridized carbons (Fsp3) is 0.273. The zero-order valence-corrected chi connectivity index (χ0v) is 8.74. The standard InChI is InChI=1S/C11H12N2O2/c1-4-5-8-7(2)9(6-12)11(15)13(3)10(8)14/h4,14H,1,5H2,2-3H3. The summed E-state index contributed by atoms with van der Waals surface area (Å²) in [6.07, 6.45) is 2.05. The van der Waals surface area contributed by atoms with Crippen LogP contribution in [0.5, 0.6) is 5.88 Å². The smallest absolute Gasteiger partial charge is 0.271 e. The molecule has 0 fully saturated rings. The molecule has 0 saturated heterocycles. The van der Waals surface area contributed by atoms with E-state index in [1.165, 1.54) is 7.05 Å². The second-order valence-electron chi connectivity index (χ2n) is 3.27. The van der Waals surface area contributed by atoms with Crippen LogP contribution < -0.4 is 5.56 Å². The highest BCUT2D eigenvalue weighted by molar-refractivity contribution is 5.45. The lowest BCUT2D eigenvalue weighted by atomic mass is 10.0. The summed E-state index contributed by atoms with van der Waals surface area (Å²) in [4.78, 5) is 11.6. The normalized spacial score (nSPS) is 9.67. The molecule has 1 heterocycles. The van der Waals surface area contributed by atoms with Crippen LogP contribution in [0.2, 0.25) is 0 Å². The number of nitriles is 1. The summed E-state index contributed by atoms with van der Waals surface area (Å²) in [7, 11) is 1.44. The molecule has 0 aromatic carbocycles. The van der Waals surface area contributed by atoms with E-state index in [2.05, 4.69) is 6.58 Å². The zero-order valence-electron chi connectivity index (χ0n) is 8.74. The maximum atomic E-state index is 11.6. The predicted octanol–water partition coefficient (Wildman–Crippen LogP) is 0.999. The van der Waals surface area contributed by atoms with Crippen molar-refractivity contribution in [2.45, 2.75) is 13.3 Å². The van der Waals surface area contributed by atoms with Gasteiger partial charge in [0.15, 0.2) is 5.88 Å². The molecule has 4 heteroatoms. The molecule has 0 unspecified atom stereocenters. The van der Waals surface area contributed by atoms with Crippen LogP contribution in [-0.2, 0) is 13.5 Å². The van der Waals surface area contributed by atoms with Gasteiger partial charge >= 0.3 is 0 Å². The van der Waals surface area contributed by atoms with Crippen molar-refractivity contribution in [2.75, 3.05) is 0 Å². The molecule has 0 saturated carbocycles. The van der Waals surface area contributed by atoms with Gasteiger partial charge in [-0.2, -0.15) is 5.26 Å². The van der Waals surface area contributed by atoms with E-state index in [4.69, 9.17) is 5.26 Å². The number of allylic oxidation sites excluding steroid dienone is 1. The summed E-state index contributed by atoms with van der Waals surface area (Å²) in [5.41, 5.74) is 0.703. The van der Waals surface area contributed by atoms with Crippen molar-refractivity contribution in [3.63, 3.8) is 0 Å². The van der Waals surface area contributed by atoms with Crippen molar-refractivity contribution >= 4 is 0 Å². The predicted molar refractivity (Wildman–Crippen MR) is 56.7 cm³/mol. The Morgan fingerprint density at radius 3 is 2.73 bits per heavy atom. The zero-order chi connectivity index (χ0) is 11.6. The van der Waals surface area contributed by atoms with Gasteiger partial charge in [0.1, 0.15) is 11.6 Å². The van der Waals surface area contributed by atoms with E-state index in [-0.39, 0.29) is 11.4 Å². The lowest BCUT2D eigenvalue weighted by Gasteiger charge is -2.11. The molecule has 15 heavy (non-hydrogen) atoms. The number of nitrogens with zero attached hydrogens (tertiary/aromatic N) is 2. The molecule has 0 aliphatic rings. The summed E-state index contributed by atoms with van der Waals surface area (Å²) in [6.45, 7) is 5.22. The van der Waals surface area contributed by atoms with Gasteiger partial charge in [-0.25, -0.2) is 0 Å². The lowest BCUT2D eigenvalue weighted by molar-refractivity contribution is 0.416. The molecule has 0 aliphatic heterocycles. The van der Waals surface area contributed by atoms with Gasteiger partial charge in [-0.15, -0.1) is 6.58 Å². The van der Waals surface area contributed by atoms with Gasteiger partial charge in [0.25, 0.3) is 5.56 Å². The van der Waals surface area contributed by atoms with E-state index in [1.54, 1.807) is 13.0 Å². The van der Waals surface area contributed by atoms with Crippen molar-refractivity contribution < 1.29 is 5.11 Å². The van der Waals surface area contributed by atoms with Gasteiger partial charge in [-0.1, -0.05) is 6.08 Å². The molecule has 0 aliphatic carbocycles. The third kappa shape index (κ3) is 1.64. The molecule has 0 bridgehead atoms. The van der Waals surface area contributed by atoms with Gasteiger partial charge in [0, 0.05) is 12.6 Å². The molecule has 0 amide bonds.